The van der Waals surface area contributed by atoms with Gasteiger partial charge in [0.1, 0.15) is 5.75 Å². The number of rotatable bonds is 5. The summed E-state index contributed by atoms with van der Waals surface area (Å²) in [5.74, 6) is 1.02. The minimum atomic E-state index is -0.0237. The van der Waals surface area contributed by atoms with Gasteiger partial charge in [-0.15, -0.1) is 0 Å². The van der Waals surface area contributed by atoms with E-state index in [1.165, 1.54) is 6.42 Å². The first kappa shape index (κ1) is 21.7. The van der Waals surface area contributed by atoms with Crippen molar-refractivity contribution < 1.29 is 14.3 Å². The molecule has 2 amide bonds. The van der Waals surface area contributed by atoms with Crippen molar-refractivity contribution in [2.24, 2.45) is 5.92 Å². The molecule has 164 valence electrons. The average Bonchev–Trinajstić information content (AvgIpc) is 2.83. The van der Waals surface area contributed by atoms with Crippen LogP contribution in [0.25, 0.3) is 0 Å². The van der Waals surface area contributed by atoms with Crippen LogP contribution in [0.5, 0.6) is 5.75 Å². The Labute approximate surface area is 188 Å². The molecule has 4 rings (SSSR count). The van der Waals surface area contributed by atoms with Gasteiger partial charge in [-0.25, -0.2) is 0 Å². The van der Waals surface area contributed by atoms with Gasteiger partial charge in [-0.1, -0.05) is 29.8 Å². The van der Waals surface area contributed by atoms with E-state index in [0.717, 1.165) is 45.3 Å². The van der Waals surface area contributed by atoms with Gasteiger partial charge in [0.2, 0.25) is 0 Å². The minimum absolute atomic E-state index is 0.0237. The van der Waals surface area contributed by atoms with Crippen LogP contribution in [0, 0.1) is 5.92 Å². The molecule has 0 bridgehead atoms. The summed E-state index contributed by atoms with van der Waals surface area (Å²) in [5, 5.41) is 0.487. The lowest BCUT2D eigenvalue weighted by atomic mass is 9.98. The van der Waals surface area contributed by atoms with Crippen LogP contribution in [-0.4, -0.2) is 54.4 Å². The molecule has 2 aromatic carbocycles. The van der Waals surface area contributed by atoms with E-state index in [4.69, 9.17) is 16.3 Å². The number of piperidine rings is 2. The van der Waals surface area contributed by atoms with Crippen molar-refractivity contribution in [3.63, 3.8) is 0 Å². The molecular weight excluding hydrogens is 412 g/mol. The molecular formula is C25H29ClN2O3. The number of nitrogens with zero attached hydrogens (tertiary/aromatic N) is 2. The van der Waals surface area contributed by atoms with Gasteiger partial charge in [-0.2, -0.15) is 0 Å². The van der Waals surface area contributed by atoms with Crippen LogP contribution in [0.1, 0.15) is 52.8 Å². The zero-order valence-electron chi connectivity index (χ0n) is 17.8. The molecule has 0 radical (unpaired) electrons. The highest BCUT2D eigenvalue weighted by atomic mass is 35.5. The highest BCUT2D eigenvalue weighted by Crippen LogP contribution is 2.24. The Balaban J connectivity index is 1.34. The predicted molar refractivity (Wildman–Crippen MR) is 122 cm³/mol. The lowest BCUT2D eigenvalue weighted by Gasteiger charge is -2.33. The van der Waals surface area contributed by atoms with Crippen molar-refractivity contribution in [1.29, 1.82) is 0 Å². The van der Waals surface area contributed by atoms with Crippen molar-refractivity contribution in [2.75, 3.05) is 32.8 Å². The van der Waals surface area contributed by atoms with Gasteiger partial charge in [0, 0.05) is 37.7 Å². The number of carbonyl (C=O) groups excluding carboxylic acids is 2. The second kappa shape index (κ2) is 10.2. The van der Waals surface area contributed by atoms with E-state index in [0.29, 0.717) is 35.1 Å². The fraction of sp³-hybridized carbons (Fsp3) is 0.440. The molecule has 0 spiro atoms. The molecule has 1 atom stereocenters. The molecule has 0 unspecified atom stereocenters. The average molecular weight is 441 g/mol. The number of likely N-dealkylation sites (tertiary alicyclic amines) is 2. The van der Waals surface area contributed by atoms with Crippen LogP contribution in [0.4, 0.5) is 0 Å². The topological polar surface area (TPSA) is 49.9 Å². The largest absolute Gasteiger partial charge is 0.493 e. The molecule has 0 saturated carbocycles. The molecule has 0 aromatic heterocycles. The molecule has 2 aromatic rings. The van der Waals surface area contributed by atoms with Crippen molar-refractivity contribution in [3.05, 3.63) is 64.7 Å². The first-order valence-corrected chi connectivity index (χ1v) is 11.6. The van der Waals surface area contributed by atoms with Gasteiger partial charge in [-0.3, -0.25) is 9.59 Å². The van der Waals surface area contributed by atoms with Crippen LogP contribution in [0.3, 0.4) is 0 Å². The van der Waals surface area contributed by atoms with Gasteiger partial charge < -0.3 is 14.5 Å². The summed E-state index contributed by atoms with van der Waals surface area (Å²) in [4.78, 5) is 29.4. The lowest BCUT2D eigenvalue weighted by Crippen LogP contribution is -2.41. The Morgan fingerprint density at radius 2 is 1.68 bits per heavy atom. The number of hydrogen-bond donors (Lipinski definition) is 0. The summed E-state index contributed by atoms with van der Waals surface area (Å²) in [7, 11) is 0. The van der Waals surface area contributed by atoms with Gasteiger partial charge in [-0.05, 0) is 62.4 Å². The van der Waals surface area contributed by atoms with E-state index in [9.17, 15) is 9.59 Å². The summed E-state index contributed by atoms with van der Waals surface area (Å²) in [6.45, 7) is 3.58. The van der Waals surface area contributed by atoms with E-state index in [2.05, 4.69) is 0 Å². The summed E-state index contributed by atoms with van der Waals surface area (Å²) >= 11 is 6.21. The second-order valence-corrected chi connectivity index (χ2v) is 8.84. The normalized spacial score (nSPS) is 19.2. The maximum Gasteiger partial charge on any atom is 0.255 e. The number of hydrogen-bond acceptors (Lipinski definition) is 3. The third-order valence-corrected chi connectivity index (χ3v) is 6.45. The predicted octanol–water partition coefficient (Wildman–Crippen LogP) is 4.90. The Morgan fingerprint density at radius 3 is 2.48 bits per heavy atom. The van der Waals surface area contributed by atoms with Crippen molar-refractivity contribution in [3.8, 4) is 5.75 Å². The number of ether oxygens (including phenoxy) is 1. The third-order valence-electron chi connectivity index (χ3n) is 6.12. The number of amides is 2. The van der Waals surface area contributed by atoms with Crippen LogP contribution >= 0.6 is 11.6 Å². The number of halogens is 1. The van der Waals surface area contributed by atoms with E-state index in [1.54, 1.807) is 12.1 Å². The summed E-state index contributed by atoms with van der Waals surface area (Å²) in [5.41, 5.74) is 1.23. The van der Waals surface area contributed by atoms with E-state index < -0.39 is 0 Å². The summed E-state index contributed by atoms with van der Waals surface area (Å²) < 4.78 is 6.05. The Hall–Kier alpha value is -2.53. The number of benzene rings is 2. The fourth-order valence-electron chi connectivity index (χ4n) is 4.40. The highest BCUT2D eigenvalue weighted by molar-refractivity contribution is 6.33. The zero-order chi connectivity index (χ0) is 21.6. The van der Waals surface area contributed by atoms with E-state index in [-0.39, 0.29) is 17.7 Å². The molecule has 0 aliphatic carbocycles. The fourth-order valence-corrected chi connectivity index (χ4v) is 4.62. The SMILES string of the molecule is O=C(c1cccc(OC[C@H]2CCCN(C(=O)c3ccccc3Cl)C2)c1)N1CCCCC1. The maximum absolute atomic E-state index is 12.9. The monoisotopic (exact) mass is 440 g/mol. The van der Waals surface area contributed by atoms with E-state index in [1.807, 2.05) is 46.2 Å². The quantitative estimate of drug-likeness (QED) is 0.664. The third kappa shape index (κ3) is 5.40. The van der Waals surface area contributed by atoms with Crippen LogP contribution in [0.2, 0.25) is 5.02 Å². The lowest BCUT2D eigenvalue weighted by molar-refractivity contribution is 0.0632. The molecule has 0 N–H and O–H groups in total. The summed E-state index contributed by atoms with van der Waals surface area (Å²) in [6.07, 6.45) is 5.31. The van der Waals surface area contributed by atoms with Crippen molar-refractivity contribution in [2.45, 2.75) is 32.1 Å². The zero-order valence-corrected chi connectivity index (χ0v) is 18.5. The maximum atomic E-state index is 12.9. The Kier molecular flexibility index (Phi) is 7.13. The molecule has 6 heteroatoms. The van der Waals surface area contributed by atoms with Crippen molar-refractivity contribution in [1.82, 2.24) is 9.80 Å². The van der Waals surface area contributed by atoms with E-state index >= 15 is 0 Å². The molecule has 2 fully saturated rings. The van der Waals surface area contributed by atoms with Gasteiger partial charge in [0.15, 0.2) is 0 Å². The summed E-state index contributed by atoms with van der Waals surface area (Å²) in [6, 6.07) is 14.6. The van der Waals surface area contributed by atoms with Gasteiger partial charge in [0.05, 0.1) is 17.2 Å². The molecule has 2 aliphatic heterocycles. The number of carbonyl (C=O) groups is 2. The molecule has 5 nitrogen and oxygen atoms in total. The van der Waals surface area contributed by atoms with Gasteiger partial charge >= 0.3 is 0 Å². The second-order valence-electron chi connectivity index (χ2n) is 8.43. The highest BCUT2D eigenvalue weighted by Gasteiger charge is 2.26. The minimum Gasteiger partial charge on any atom is -0.493 e. The smallest absolute Gasteiger partial charge is 0.255 e. The standard InChI is InChI=1S/C25H29ClN2O3/c26-23-12-3-2-11-22(23)25(30)28-15-7-8-19(17-28)18-31-21-10-6-9-20(16-21)24(29)27-13-4-1-5-14-27/h2-3,6,9-12,16,19H,1,4-5,7-8,13-15,17-18H2/t19-/m0/s1. The van der Waals surface area contributed by atoms with Crippen LogP contribution in [0.15, 0.2) is 48.5 Å². The van der Waals surface area contributed by atoms with Crippen LogP contribution < -0.4 is 4.74 Å². The molecule has 2 heterocycles. The first-order chi connectivity index (χ1) is 15.1. The Morgan fingerprint density at radius 1 is 0.903 bits per heavy atom. The molecule has 2 saturated heterocycles. The van der Waals surface area contributed by atoms with Crippen LogP contribution in [-0.2, 0) is 0 Å². The molecule has 2 aliphatic rings. The molecule has 31 heavy (non-hydrogen) atoms. The Bertz CT molecular complexity index is 926. The first-order valence-electron chi connectivity index (χ1n) is 11.2. The van der Waals surface area contributed by atoms with Gasteiger partial charge in [0.25, 0.3) is 11.8 Å². The van der Waals surface area contributed by atoms with Crippen molar-refractivity contribution >= 4 is 23.4 Å².